The summed E-state index contributed by atoms with van der Waals surface area (Å²) in [6.07, 6.45) is 1.54. The van der Waals surface area contributed by atoms with Gasteiger partial charge in [-0.05, 0) is 55.2 Å². The number of halogens is 1. The molecule has 142 valence electrons. The fourth-order valence-electron chi connectivity index (χ4n) is 3.62. The molecule has 2 aliphatic rings. The van der Waals surface area contributed by atoms with Crippen LogP contribution in [0.1, 0.15) is 31.4 Å². The largest absolute Gasteiger partial charge is 0.367 e. The Morgan fingerprint density at radius 1 is 1.36 bits per heavy atom. The normalized spacial score (nSPS) is 26.7. The molecule has 2 unspecified atom stereocenters. The first-order valence-corrected chi connectivity index (χ1v) is 11.0. The summed E-state index contributed by atoms with van der Waals surface area (Å²) in [6, 6.07) is 1.99. The second-order valence-electron chi connectivity index (χ2n) is 6.72. The van der Waals surface area contributed by atoms with Gasteiger partial charge in [-0.3, -0.25) is 4.79 Å². The predicted octanol–water partition coefficient (Wildman–Crippen LogP) is 1.63. The number of carbonyl (C=O) groups excluding carboxylic acids is 1. The van der Waals surface area contributed by atoms with Crippen molar-refractivity contribution in [3.8, 4) is 0 Å². The van der Waals surface area contributed by atoms with Crippen molar-refractivity contribution in [1.29, 1.82) is 0 Å². The minimum absolute atomic E-state index is 0. The van der Waals surface area contributed by atoms with Crippen LogP contribution < -0.4 is 5.32 Å². The number of nitrogens with zero attached hydrogens (tertiary/aromatic N) is 1. The molecule has 0 aromatic carbocycles. The number of carbonyl (C=O) groups is 1. The van der Waals surface area contributed by atoms with Crippen molar-refractivity contribution >= 4 is 39.5 Å². The highest BCUT2D eigenvalue weighted by Gasteiger charge is 2.51. The van der Waals surface area contributed by atoms with Crippen LogP contribution in [0, 0.1) is 0 Å². The second kappa shape index (κ2) is 7.92. The van der Waals surface area contributed by atoms with Crippen LogP contribution >= 0.6 is 23.7 Å². The molecule has 6 nitrogen and oxygen atoms in total. The summed E-state index contributed by atoms with van der Waals surface area (Å²) in [5.74, 6) is -0.262. The van der Waals surface area contributed by atoms with Crippen LogP contribution in [0.2, 0.25) is 0 Å². The van der Waals surface area contributed by atoms with Gasteiger partial charge < -0.3 is 15.0 Å². The molecule has 0 radical (unpaired) electrons. The molecule has 0 spiro atoms. The van der Waals surface area contributed by atoms with Crippen molar-refractivity contribution in [3.05, 3.63) is 22.4 Å². The lowest BCUT2D eigenvalue weighted by atomic mass is 9.94. The molecule has 0 bridgehead atoms. The zero-order valence-electron chi connectivity index (χ0n) is 14.4. The van der Waals surface area contributed by atoms with Crippen LogP contribution in [-0.2, 0) is 19.4 Å². The monoisotopic (exact) mass is 408 g/mol. The number of sulfone groups is 1. The van der Waals surface area contributed by atoms with Crippen LogP contribution in [0.3, 0.4) is 0 Å². The number of ether oxygens (including phenoxy) is 1. The Bertz CT molecular complexity index is 687. The van der Waals surface area contributed by atoms with Gasteiger partial charge in [0, 0.05) is 12.8 Å². The maximum Gasteiger partial charge on any atom is 0.244 e. The van der Waals surface area contributed by atoms with Gasteiger partial charge in [-0.25, -0.2) is 8.42 Å². The van der Waals surface area contributed by atoms with Gasteiger partial charge in [-0.15, -0.1) is 12.4 Å². The van der Waals surface area contributed by atoms with Crippen molar-refractivity contribution in [2.24, 2.45) is 0 Å². The first kappa shape index (κ1) is 20.6. The summed E-state index contributed by atoms with van der Waals surface area (Å²) < 4.78 is 29.6. The third-order valence-corrected chi connectivity index (χ3v) is 7.68. The molecule has 25 heavy (non-hydrogen) atoms. The highest BCUT2D eigenvalue weighted by Crippen LogP contribution is 2.33. The Labute approximate surface area is 159 Å². The second-order valence-corrected chi connectivity index (χ2v) is 9.82. The lowest BCUT2D eigenvalue weighted by Gasteiger charge is -2.43. The van der Waals surface area contributed by atoms with Gasteiger partial charge >= 0.3 is 0 Å². The lowest BCUT2D eigenvalue weighted by molar-refractivity contribution is -0.148. The van der Waals surface area contributed by atoms with Gasteiger partial charge in [-0.1, -0.05) is 0 Å². The Morgan fingerprint density at radius 3 is 2.60 bits per heavy atom. The molecule has 2 saturated heterocycles. The number of amides is 1. The highest BCUT2D eigenvalue weighted by molar-refractivity contribution is 7.92. The van der Waals surface area contributed by atoms with E-state index in [0.717, 1.165) is 5.56 Å². The number of morpholine rings is 1. The van der Waals surface area contributed by atoms with Crippen molar-refractivity contribution in [2.45, 2.75) is 36.7 Å². The minimum Gasteiger partial charge on any atom is -0.367 e. The summed E-state index contributed by atoms with van der Waals surface area (Å²) in [6.45, 7) is 3.86. The number of thiophene rings is 1. The SMILES string of the molecule is CC1CN(C(=O)C2(S(C)(=O)=O)CCNCC2)CC(c2ccsc2)O1.Cl. The summed E-state index contributed by atoms with van der Waals surface area (Å²) in [5.41, 5.74) is 1.04. The predicted molar refractivity (Wildman–Crippen MR) is 101 cm³/mol. The van der Waals surface area contributed by atoms with Crippen molar-refractivity contribution in [1.82, 2.24) is 10.2 Å². The van der Waals surface area contributed by atoms with Gasteiger partial charge in [0.15, 0.2) is 14.6 Å². The minimum atomic E-state index is -3.49. The van der Waals surface area contributed by atoms with Gasteiger partial charge in [0.05, 0.1) is 12.6 Å². The Kier molecular flexibility index (Phi) is 6.54. The third kappa shape index (κ3) is 4.03. The number of piperidine rings is 1. The van der Waals surface area contributed by atoms with Crippen LogP contribution in [0.25, 0.3) is 0 Å². The number of nitrogens with one attached hydrogen (secondary N) is 1. The molecule has 1 aromatic heterocycles. The molecule has 3 heterocycles. The van der Waals surface area contributed by atoms with E-state index in [9.17, 15) is 13.2 Å². The average molecular weight is 409 g/mol. The Hall–Kier alpha value is -0.670. The van der Waals surface area contributed by atoms with Crippen molar-refractivity contribution in [2.75, 3.05) is 32.4 Å². The molecule has 2 aliphatic heterocycles. The molecule has 9 heteroatoms. The maximum absolute atomic E-state index is 13.2. The van der Waals surface area contributed by atoms with Crippen LogP contribution in [-0.4, -0.2) is 62.5 Å². The Morgan fingerprint density at radius 2 is 2.04 bits per heavy atom. The summed E-state index contributed by atoms with van der Waals surface area (Å²) in [4.78, 5) is 14.9. The third-order valence-electron chi connectivity index (χ3n) is 4.97. The smallest absolute Gasteiger partial charge is 0.244 e. The van der Waals surface area contributed by atoms with Crippen LogP contribution in [0.4, 0.5) is 0 Å². The topological polar surface area (TPSA) is 75.7 Å². The fourth-order valence-corrected chi connectivity index (χ4v) is 5.72. The van der Waals surface area contributed by atoms with E-state index >= 15 is 0 Å². The lowest BCUT2D eigenvalue weighted by Crippen LogP contribution is -2.60. The van der Waals surface area contributed by atoms with Crippen LogP contribution in [0.15, 0.2) is 16.8 Å². The van der Waals surface area contributed by atoms with E-state index < -0.39 is 14.6 Å². The molecule has 0 saturated carbocycles. The molecule has 3 rings (SSSR count). The van der Waals surface area contributed by atoms with Crippen molar-refractivity contribution < 1.29 is 17.9 Å². The fraction of sp³-hybridized carbons (Fsp3) is 0.688. The van der Waals surface area contributed by atoms with E-state index in [1.807, 2.05) is 23.8 Å². The average Bonchev–Trinajstić information content (AvgIpc) is 3.07. The molecule has 1 amide bonds. The van der Waals surface area contributed by atoms with E-state index in [-0.39, 0.29) is 30.5 Å². The molecule has 2 fully saturated rings. The zero-order valence-corrected chi connectivity index (χ0v) is 16.9. The number of rotatable bonds is 3. The van der Waals surface area contributed by atoms with Gasteiger partial charge in [0.25, 0.3) is 0 Å². The van der Waals surface area contributed by atoms with E-state index in [2.05, 4.69) is 5.32 Å². The Balaban J connectivity index is 0.00000225. The van der Waals surface area contributed by atoms with E-state index in [1.54, 1.807) is 16.2 Å². The van der Waals surface area contributed by atoms with Gasteiger partial charge in [0.1, 0.15) is 6.10 Å². The molecule has 0 aliphatic carbocycles. The zero-order chi connectivity index (χ0) is 17.4. The summed E-state index contributed by atoms with van der Waals surface area (Å²) in [7, 11) is -3.49. The first-order valence-electron chi connectivity index (χ1n) is 8.21. The van der Waals surface area contributed by atoms with Gasteiger partial charge in [0.2, 0.25) is 5.91 Å². The molecular weight excluding hydrogens is 384 g/mol. The highest BCUT2D eigenvalue weighted by atomic mass is 35.5. The van der Waals surface area contributed by atoms with Crippen LogP contribution in [0.5, 0.6) is 0 Å². The summed E-state index contributed by atoms with van der Waals surface area (Å²) >= 11 is 1.59. The quantitative estimate of drug-likeness (QED) is 0.822. The molecule has 1 N–H and O–H groups in total. The van der Waals surface area contributed by atoms with E-state index in [1.165, 1.54) is 6.26 Å². The molecule has 1 aromatic rings. The van der Waals surface area contributed by atoms with Crippen molar-refractivity contribution in [3.63, 3.8) is 0 Å². The number of hydrogen-bond donors (Lipinski definition) is 1. The molecule has 2 atom stereocenters. The number of hydrogen-bond acceptors (Lipinski definition) is 6. The molecular formula is C16H25ClN2O4S2. The maximum atomic E-state index is 13.2. The van der Waals surface area contributed by atoms with E-state index in [4.69, 9.17) is 4.74 Å². The summed E-state index contributed by atoms with van der Waals surface area (Å²) in [5, 5.41) is 7.15. The van der Waals surface area contributed by atoms with E-state index in [0.29, 0.717) is 39.0 Å². The van der Waals surface area contributed by atoms with Gasteiger partial charge in [-0.2, -0.15) is 11.3 Å². The first-order chi connectivity index (χ1) is 11.3. The standard InChI is InChI=1S/C16H24N2O4S2.ClH/c1-12-9-18(10-14(22-12)13-3-8-23-11-13)15(19)16(24(2,20)21)4-6-17-7-5-16;/h3,8,11-12,14,17H,4-7,9-10H2,1-2H3;1H.